The summed E-state index contributed by atoms with van der Waals surface area (Å²) in [4.78, 5) is 88.9. The van der Waals surface area contributed by atoms with E-state index in [0.29, 0.717) is 11.0 Å². The molecular weight excluding hydrogens is 789 g/mol. The second kappa shape index (κ2) is 35.3. The van der Waals surface area contributed by atoms with Crippen LogP contribution in [0.3, 0.4) is 0 Å². The first-order valence-corrected chi connectivity index (χ1v) is 21.0. The Bertz CT molecular complexity index is 1210. The number of carboxylic acid groups (broad SMARTS) is 4. The molecule has 22 heteroatoms. The molecule has 0 fully saturated rings. The highest BCUT2D eigenvalue weighted by Crippen LogP contribution is 2.26. The van der Waals surface area contributed by atoms with E-state index in [-0.39, 0.29) is 37.2 Å². The molecule has 0 aliphatic heterocycles. The van der Waals surface area contributed by atoms with E-state index < -0.39 is 84.8 Å². The van der Waals surface area contributed by atoms with Crippen molar-refractivity contribution in [3.05, 3.63) is 24.8 Å². The van der Waals surface area contributed by atoms with Crippen molar-refractivity contribution in [2.24, 2.45) is 11.5 Å². The minimum Gasteiger partial charge on any atom is -0.480 e. The van der Waals surface area contributed by atoms with Gasteiger partial charge in [-0.25, -0.2) is 0 Å². The molecule has 0 heterocycles. The number of hydrogen-bond acceptors (Lipinski definition) is 14. The molecule has 0 saturated heterocycles. The highest BCUT2D eigenvalue weighted by molar-refractivity contribution is 8.76. The SMILES string of the molecule is C=CC(CC)SSC.CCC/C=C/CSC[C@H](NC(=O)CC[C@H](N)C(=O)O)C(=O)NCC(=O)O.N[C@@H](CCC(=O)N[C@@H](CS)C(=O)NCC(=O)O)C(=O)O. The number of aliphatic carboxylic acids is 4. The zero-order chi connectivity index (χ0) is 42.1. The summed E-state index contributed by atoms with van der Waals surface area (Å²) < 4.78 is 0. The van der Waals surface area contributed by atoms with Crippen molar-refractivity contribution >= 4 is 93.5 Å². The van der Waals surface area contributed by atoms with Gasteiger partial charge in [0.1, 0.15) is 37.3 Å². The lowest BCUT2D eigenvalue weighted by atomic mass is 10.1. The molecule has 0 bridgehead atoms. The topological polar surface area (TPSA) is 318 Å². The zero-order valence-corrected chi connectivity index (χ0v) is 34.0. The number of thiol groups is 1. The van der Waals surface area contributed by atoms with E-state index in [9.17, 15) is 38.4 Å². The quantitative estimate of drug-likeness (QED) is 0.0235. The van der Waals surface area contributed by atoms with Crippen molar-refractivity contribution in [1.29, 1.82) is 0 Å². The van der Waals surface area contributed by atoms with Crippen LogP contribution in [0.5, 0.6) is 0 Å². The second-order valence-electron chi connectivity index (χ2n) is 10.9. The number of nitrogens with one attached hydrogen (secondary N) is 4. The maximum Gasteiger partial charge on any atom is 0.322 e. The molecule has 0 spiro atoms. The fourth-order valence-electron chi connectivity index (χ4n) is 3.31. The van der Waals surface area contributed by atoms with Gasteiger partial charge in [0, 0.05) is 35.4 Å². The Kier molecular flexibility index (Phi) is 35.9. The number of thioether (sulfide) groups is 1. The van der Waals surface area contributed by atoms with Gasteiger partial charge in [0.2, 0.25) is 23.6 Å². The number of rotatable bonds is 27. The summed E-state index contributed by atoms with van der Waals surface area (Å²) in [5.41, 5.74) is 10.6. The smallest absolute Gasteiger partial charge is 0.322 e. The van der Waals surface area contributed by atoms with Crippen LogP contribution in [0.4, 0.5) is 0 Å². The molecule has 0 saturated carbocycles. The van der Waals surface area contributed by atoms with Crippen LogP contribution < -0.4 is 32.7 Å². The van der Waals surface area contributed by atoms with E-state index in [1.54, 1.807) is 10.8 Å². The van der Waals surface area contributed by atoms with Gasteiger partial charge in [0.15, 0.2) is 0 Å². The van der Waals surface area contributed by atoms with Gasteiger partial charge in [-0.15, -0.1) is 6.58 Å². The lowest BCUT2D eigenvalue weighted by Crippen LogP contribution is -2.49. The van der Waals surface area contributed by atoms with Crippen molar-refractivity contribution < 1.29 is 58.8 Å². The van der Waals surface area contributed by atoms with Crippen molar-refractivity contribution in [2.45, 2.75) is 88.2 Å². The number of carboxylic acids is 4. The van der Waals surface area contributed by atoms with Gasteiger partial charge in [-0.3, -0.25) is 38.4 Å². The normalized spacial score (nSPS) is 13.1. The van der Waals surface area contributed by atoms with Crippen molar-refractivity contribution in [2.75, 3.05) is 36.6 Å². The predicted molar refractivity (Wildman–Crippen MR) is 215 cm³/mol. The molecule has 0 aliphatic rings. The summed E-state index contributed by atoms with van der Waals surface area (Å²) in [6, 6.07) is -4.21. The summed E-state index contributed by atoms with van der Waals surface area (Å²) in [5.74, 6) is -6.30. The number of carbonyl (C=O) groups excluding carboxylic acids is 4. The molecule has 5 atom stereocenters. The van der Waals surface area contributed by atoms with Crippen LogP contribution >= 0.6 is 46.0 Å². The number of hydrogen-bond donors (Lipinski definition) is 11. The zero-order valence-electron chi connectivity index (χ0n) is 30.7. The maximum atomic E-state index is 12.1. The molecule has 1 unspecified atom stereocenters. The first-order valence-electron chi connectivity index (χ1n) is 16.6. The molecule has 12 N–H and O–H groups in total. The molecule has 0 radical (unpaired) electrons. The summed E-state index contributed by atoms with van der Waals surface area (Å²) in [6.45, 7) is 6.84. The lowest BCUT2D eigenvalue weighted by molar-refractivity contribution is -0.140. The van der Waals surface area contributed by atoms with E-state index in [1.807, 2.05) is 29.0 Å². The first-order chi connectivity index (χ1) is 25.4. The van der Waals surface area contributed by atoms with Gasteiger partial charge in [0.25, 0.3) is 0 Å². The summed E-state index contributed by atoms with van der Waals surface area (Å²) in [7, 11) is 3.68. The van der Waals surface area contributed by atoms with Crippen LogP contribution in [0.2, 0.25) is 0 Å². The van der Waals surface area contributed by atoms with Gasteiger partial charge in [-0.1, -0.05) is 60.1 Å². The third-order valence-electron chi connectivity index (χ3n) is 6.32. The standard InChI is InChI=1S/C16H27N3O6S.C10H17N3O6S.C6H12S2/c1-2-3-4-5-8-26-10-12(15(23)18-9-14(21)22)19-13(20)7-6-11(17)16(24)25;11-5(10(18)19)1-2-7(14)13-6(4-20)9(17)12-3-8(15)16;1-4-6(5-2)8-7-3/h4-5,11-12H,2-3,6-10,17H2,1H3,(H,18,23)(H,19,20)(H,21,22)(H,24,25);5-6,20H,1-4,11H2,(H,12,17)(H,13,14)(H,15,16)(H,18,19);4,6H,1,5H2,2-3H3/b5-4+;;/t11-,12-;5-,6-;/m00./s1. The molecular formula is C32H56N6O12S4. The highest BCUT2D eigenvalue weighted by atomic mass is 33.1. The van der Waals surface area contributed by atoms with Crippen molar-refractivity contribution in [3.8, 4) is 0 Å². The third-order valence-corrected chi connectivity index (χ3v) is 9.97. The maximum absolute atomic E-state index is 12.1. The molecule has 0 rings (SSSR count). The molecule has 0 aliphatic carbocycles. The fourth-order valence-corrected chi connectivity index (χ4v) is 6.29. The summed E-state index contributed by atoms with van der Waals surface area (Å²) in [5, 5.41) is 44.1. The molecule has 4 amide bonds. The van der Waals surface area contributed by atoms with Gasteiger partial charge in [-0.05, 0) is 31.9 Å². The van der Waals surface area contributed by atoms with E-state index in [1.165, 1.54) is 18.2 Å². The van der Waals surface area contributed by atoms with Crippen molar-refractivity contribution in [3.63, 3.8) is 0 Å². The average molecular weight is 845 g/mol. The minimum atomic E-state index is -1.22. The summed E-state index contributed by atoms with van der Waals surface area (Å²) in [6.07, 6.45) is 10.8. The third kappa shape index (κ3) is 33.2. The minimum absolute atomic E-state index is 0.0256. The van der Waals surface area contributed by atoms with Crippen LogP contribution in [0.15, 0.2) is 24.8 Å². The first kappa shape index (κ1) is 54.9. The van der Waals surface area contributed by atoms with Crippen LogP contribution in [0.25, 0.3) is 0 Å². The Labute approximate surface area is 333 Å². The van der Waals surface area contributed by atoms with E-state index in [0.717, 1.165) is 12.8 Å². The summed E-state index contributed by atoms with van der Waals surface area (Å²) >= 11 is 5.29. The number of allylic oxidation sites excluding steroid dienone is 1. The highest BCUT2D eigenvalue weighted by Gasteiger charge is 2.23. The molecule has 18 nitrogen and oxygen atoms in total. The Balaban J connectivity index is -0.000000818. The van der Waals surface area contributed by atoms with Crippen molar-refractivity contribution in [1.82, 2.24) is 21.3 Å². The largest absolute Gasteiger partial charge is 0.480 e. The Morgan fingerprint density at radius 2 is 1.24 bits per heavy atom. The van der Waals surface area contributed by atoms with E-state index >= 15 is 0 Å². The van der Waals surface area contributed by atoms with Gasteiger partial charge in [-0.2, -0.15) is 24.4 Å². The van der Waals surface area contributed by atoms with Gasteiger partial charge in [0.05, 0.1) is 0 Å². The molecule has 310 valence electrons. The Morgan fingerprint density at radius 1 is 0.778 bits per heavy atom. The van der Waals surface area contributed by atoms with Gasteiger partial charge < -0.3 is 53.2 Å². The number of unbranched alkanes of at least 4 members (excludes halogenated alkanes) is 1. The lowest BCUT2D eigenvalue weighted by Gasteiger charge is -2.18. The second-order valence-corrected chi connectivity index (χ2v) is 15.0. The van der Waals surface area contributed by atoms with Crippen LogP contribution in [-0.2, 0) is 38.4 Å². The van der Waals surface area contributed by atoms with Crippen LogP contribution in [-0.4, -0.2) is 134 Å². The van der Waals surface area contributed by atoms with Crippen LogP contribution in [0.1, 0.15) is 58.8 Å². The Morgan fingerprint density at radius 3 is 1.59 bits per heavy atom. The molecule has 54 heavy (non-hydrogen) atoms. The predicted octanol–water partition coefficient (Wildman–Crippen LogP) is 0.710. The average Bonchev–Trinajstić information content (AvgIpc) is 3.13. The molecule has 0 aromatic heterocycles. The number of carbonyl (C=O) groups is 8. The van der Waals surface area contributed by atoms with Crippen LogP contribution in [0, 0.1) is 0 Å². The van der Waals surface area contributed by atoms with E-state index in [4.69, 9.17) is 31.9 Å². The number of nitrogens with two attached hydrogens (primary N) is 2. The van der Waals surface area contributed by atoms with E-state index in [2.05, 4.69) is 60.6 Å². The monoisotopic (exact) mass is 844 g/mol. The molecule has 0 aromatic rings. The Hall–Kier alpha value is -3.44. The number of amides is 4. The molecule has 0 aromatic carbocycles. The fraction of sp³-hybridized carbons (Fsp3) is 0.625. The van der Waals surface area contributed by atoms with Gasteiger partial charge >= 0.3 is 23.9 Å².